The molecule has 26 heavy (non-hydrogen) atoms. The molecule has 4 heterocycles. The quantitative estimate of drug-likeness (QED) is 0.699. The van der Waals surface area contributed by atoms with E-state index in [0.717, 1.165) is 60.2 Å². The molecule has 0 amide bonds. The zero-order valence-corrected chi connectivity index (χ0v) is 15.1. The van der Waals surface area contributed by atoms with Crippen LogP contribution in [0.25, 0.3) is 11.3 Å². The molecule has 1 aliphatic heterocycles. The molecule has 7 heteroatoms. The van der Waals surface area contributed by atoms with Crippen molar-refractivity contribution in [3.05, 3.63) is 53.8 Å². The van der Waals surface area contributed by atoms with Gasteiger partial charge in [-0.15, -0.1) is 0 Å². The van der Waals surface area contributed by atoms with Gasteiger partial charge in [-0.1, -0.05) is 5.16 Å². The number of likely N-dealkylation sites (tertiary alicyclic amines) is 1. The van der Waals surface area contributed by atoms with E-state index in [2.05, 4.69) is 30.0 Å². The largest absolute Gasteiger partial charge is 0.361 e. The maximum Gasteiger partial charge on any atom is 0.143 e. The third-order valence-electron chi connectivity index (χ3n) is 4.86. The number of rotatable bonds is 5. The summed E-state index contributed by atoms with van der Waals surface area (Å²) in [6, 6.07) is 0. The van der Waals surface area contributed by atoms with Crippen molar-refractivity contribution in [1.29, 1.82) is 0 Å². The van der Waals surface area contributed by atoms with Gasteiger partial charge in [0.05, 0.1) is 34.5 Å². The molecule has 0 saturated carbocycles. The second kappa shape index (κ2) is 7.29. The first-order valence-corrected chi connectivity index (χ1v) is 8.90. The summed E-state index contributed by atoms with van der Waals surface area (Å²) in [5.41, 5.74) is 4.67. The molecule has 0 bridgehead atoms. The lowest BCUT2D eigenvalue weighted by atomic mass is 10.0. The highest BCUT2D eigenvalue weighted by molar-refractivity contribution is 5.62. The molecule has 0 aliphatic carbocycles. The van der Waals surface area contributed by atoms with E-state index in [-0.39, 0.29) is 0 Å². The highest BCUT2D eigenvalue weighted by atomic mass is 16.5. The molecule has 0 unspecified atom stereocenters. The molecule has 4 rings (SSSR count). The van der Waals surface area contributed by atoms with Crippen LogP contribution >= 0.6 is 0 Å². The Morgan fingerprint density at radius 3 is 2.69 bits per heavy atom. The Balaban J connectivity index is 1.36. The first kappa shape index (κ1) is 16.8. The summed E-state index contributed by atoms with van der Waals surface area (Å²) in [6.07, 6.45) is 11.1. The van der Waals surface area contributed by atoms with Crippen molar-refractivity contribution >= 4 is 0 Å². The predicted molar refractivity (Wildman–Crippen MR) is 96.1 cm³/mol. The van der Waals surface area contributed by atoms with Crippen molar-refractivity contribution in [2.45, 2.75) is 33.2 Å². The van der Waals surface area contributed by atoms with Crippen molar-refractivity contribution < 1.29 is 4.52 Å². The molecule has 0 spiro atoms. The highest BCUT2D eigenvalue weighted by Crippen LogP contribution is 2.25. The van der Waals surface area contributed by atoms with Crippen LogP contribution in [0.4, 0.5) is 0 Å². The lowest BCUT2D eigenvalue weighted by molar-refractivity contribution is 0.311. The fraction of sp³-hybridized carbons (Fsp3) is 0.421. The fourth-order valence-electron chi connectivity index (χ4n) is 3.60. The number of aromatic nitrogens is 5. The average molecular weight is 350 g/mol. The van der Waals surface area contributed by atoms with E-state index in [1.165, 1.54) is 6.42 Å². The van der Waals surface area contributed by atoms with Crippen LogP contribution in [0.2, 0.25) is 0 Å². The van der Waals surface area contributed by atoms with Gasteiger partial charge in [-0.2, -0.15) is 0 Å². The van der Waals surface area contributed by atoms with Crippen LogP contribution in [0.5, 0.6) is 0 Å². The Hall–Kier alpha value is -2.67. The van der Waals surface area contributed by atoms with E-state index in [9.17, 15) is 0 Å². The van der Waals surface area contributed by atoms with Gasteiger partial charge >= 0.3 is 0 Å². The third-order valence-corrected chi connectivity index (χ3v) is 4.86. The summed E-state index contributed by atoms with van der Waals surface area (Å²) >= 11 is 0. The van der Waals surface area contributed by atoms with E-state index < -0.39 is 0 Å². The van der Waals surface area contributed by atoms with Crippen molar-refractivity contribution in [3.8, 4) is 11.3 Å². The van der Waals surface area contributed by atoms with Gasteiger partial charge in [0, 0.05) is 37.9 Å². The van der Waals surface area contributed by atoms with Gasteiger partial charge in [0.25, 0.3) is 0 Å². The summed E-state index contributed by atoms with van der Waals surface area (Å²) in [5.74, 6) is 1.38. The SMILES string of the molecule is Cc1noc(C)c1-c1cnc(C[C@H]2CCN(Cc3cnccn3)C2)cn1. The summed E-state index contributed by atoms with van der Waals surface area (Å²) in [4.78, 5) is 20.1. The normalized spacial score (nSPS) is 17.7. The van der Waals surface area contributed by atoms with Gasteiger partial charge in [-0.25, -0.2) is 0 Å². The lowest BCUT2D eigenvalue weighted by Gasteiger charge is -2.15. The minimum Gasteiger partial charge on any atom is -0.361 e. The van der Waals surface area contributed by atoms with Gasteiger partial charge in [0.2, 0.25) is 0 Å². The van der Waals surface area contributed by atoms with Crippen LogP contribution < -0.4 is 0 Å². The average Bonchev–Trinajstić information content (AvgIpc) is 3.23. The maximum atomic E-state index is 5.22. The van der Waals surface area contributed by atoms with Crippen molar-refractivity contribution in [2.75, 3.05) is 13.1 Å². The summed E-state index contributed by atoms with van der Waals surface area (Å²) in [7, 11) is 0. The second-order valence-electron chi connectivity index (χ2n) is 6.88. The first-order chi connectivity index (χ1) is 12.7. The van der Waals surface area contributed by atoms with Crippen molar-refractivity contribution in [3.63, 3.8) is 0 Å². The monoisotopic (exact) mass is 350 g/mol. The standard InChI is InChI=1S/C19H22N6O/c1-13-19(14(2)26-24-13)18-10-22-16(9-23-18)7-15-3-6-25(11-15)12-17-8-20-4-5-21-17/h4-5,8-10,15H,3,6-7,11-12H2,1-2H3/t15-/m1/s1. The molecule has 1 aliphatic rings. The van der Waals surface area contributed by atoms with Crippen LogP contribution in [0.15, 0.2) is 35.5 Å². The minimum absolute atomic E-state index is 0.603. The fourth-order valence-corrected chi connectivity index (χ4v) is 3.60. The van der Waals surface area contributed by atoms with Crippen molar-refractivity contribution in [2.24, 2.45) is 5.92 Å². The Labute approximate surface area is 152 Å². The van der Waals surface area contributed by atoms with Crippen LogP contribution in [0.1, 0.15) is 29.3 Å². The van der Waals surface area contributed by atoms with Crippen LogP contribution in [-0.2, 0) is 13.0 Å². The molecule has 3 aromatic rings. The van der Waals surface area contributed by atoms with E-state index in [1.807, 2.05) is 32.4 Å². The van der Waals surface area contributed by atoms with Gasteiger partial charge in [0.15, 0.2) is 0 Å². The first-order valence-electron chi connectivity index (χ1n) is 8.90. The minimum atomic E-state index is 0.603. The number of hydrogen-bond acceptors (Lipinski definition) is 7. The smallest absolute Gasteiger partial charge is 0.143 e. The number of aryl methyl sites for hydroxylation is 2. The number of hydrogen-bond donors (Lipinski definition) is 0. The molecular weight excluding hydrogens is 328 g/mol. The van der Waals surface area contributed by atoms with E-state index in [4.69, 9.17) is 4.52 Å². The van der Waals surface area contributed by atoms with E-state index >= 15 is 0 Å². The molecule has 1 fully saturated rings. The molecule has 134 valence electrons. The molecule has 0 N–H and O–H groups in total. The van der Waals surface area contributed by atoms with Crippen LogP contribution in [0.3, 0.4) is 0 Å². The number of nitrogens with zero attached hydrogens (tertiary/aromatic N) is 6. The topological polar surface area (TPSA) is 80.8 Å². The summed E-state index contributed by atoms with van der Waals surface area (Å²) in [5, 5.41) is 3.98. The zero-order chi connectivity index (χ0) is 17.9. The van der Waals surface area contributed by atoms with Gasteiger partial charge in [-0.05, 0) is 39.2 Å². The predicted octanol–water partition coefficient (Wildman–Crippen LogP) is 2.60. The Bertz CT molecular complexity index is 842. The molecule has 1 atom stereocenters. The molecule has 3 aromatic heterocycles. The molecular formula is C19H22N6O. The molecule has 0 radical (unpaired) electrons. The summed E-state index contributed by atoms with van der Waals surface area (Å²) < 4.78 is 5.22. The zero-order valence-electron chi connectivity index (χ0n) is 15.1. The molecule has 1 saturated heterocycles. The maximum absolute atomic E-state index is 5.22. The van der Waals surface area contributed by atoms with Crippen LogP contribution in [-0.4, -0.2) is 43.1 Å². The van der Waals surface area contributed by atoms with Gasteiger partial charge in [-0.3, -0.25) is 24.8 Å². The Morgan fingerprint density at radius 2 is 2.00 bits per heavy atom. The molecule has 0 aromatic carbocycles. The van der Waals surface area contributed by atoms with E-state index in [0.29, 0.717) is 5.92 Å². The Kier molecular flexibility index (Phi) is 4.71. The van der Waals surface area contributed by atoms with Crippen LogP contribution in [0, 0.1) is 19.8 Å². The Morgan fingerprint density at radius 1 is 1.08 bits per heavy atom. The van der Waals surface area contributed by atoms with Gasteiger partial charge < -0.3 is 4.52 Å². The lowest BCUT2D eigenvalue weighted by Crippen LogP contribution is -2.21. The summed E-state index contributed by atoms with van der Waals surface area (Å²) in [6.45, 7) is 6.83. The molecule has 7 nitrogen and oxygen atoms in total. The highest BCUT2D eigenvalue weighted by Gasteiger charge is 2.23. The van der Waals surface area contributed by atoms with Crippen molar-refractivity contribution in [1.82, 2.24) is 30.0 Å². The van der Waals surface area contributed by atoms with Gasteiger partial charge in [0.1, 0.15) is 5.76 Å². The third kappa shape index (κ3) is 3.62. The van der Waals surface area contributed by atoms with E-state index in [1.54, 1.807) is 12.4 Å². The second-order valence-corrected chi connectivity index (χ2v) is 6.88.